The summed E-state index contributed by atoms with van der Waals surface area (Å²) in [5, 5.41) is 0. The van der Waals surface area contributed by atoms with Crippen molar-refractivity contribution in [1.29, 1.82) is 0 Å². The monoisotopic (exact) mass is 474 g/mol. The molecule has 0 nitrogen and oxygen atoms in total. The minimum absolute atomic E-state index is 0.177. The van der Waals surface area contributed by atoms with Crippen molar-refractivity contribution < 1.29 is 13.2 Å². The Bertz CT molecular complexity index is 1200. The lowest BCUT2D eigenvalue weighted by Gasteiger charge is -2.08. The lowest BCUT2D eigenvalue weighted by Crippen LogP contribution is -1.93. The Hall–Kier alpha value is -3.33. The third-order valence-corrected chi connectivity index (χ3v) is 6.05. The van der Waals surface area contributed by atoms with Crippen molar-refractivity contribution in [2.45, 2.75) is 52.4 Å². The second kappa shape index (κ2) is 13.5. The summed E-state index contributed by atoms with van der Waals surface area (Å²) in [6.07, 6.45) is 15.8. The molecule has 3 aromatic rings. The van der Waals surface area contributed by atoms with Crippen LogP contribution in [-0.4, -0.2) is 0 Å². The lowest BCUT2D eigenvalue weighted by atomic mass is 9.99. The second-order valence-electron chi connectivity index (χ2n) is 8.63. The highest BCUT2D eigenvalue weighted by atomic mass is 19.1. The Labute approximate surface area is 207 Å². The van der Waals surface area contributed by atoms with Crippen LogP contribution < -0.4 is 0 Å². The van der Waals surface area contributed by atoms with E-state index in [1.54, 1.807) is 18.2 Å². The van der Waals surface area contributed by atoms with Crippen LogP contribution in [0.3, 0.4) is 0 Å². The first kappa shape index (κ1) is 26.3. The summed E-state index contributed by atoms with van der Waals surface area (Å²) < 4.78 is 43.4. The van der Waals surface area contributed by atoms with Gasteiger partial charge in [-0.15, -0.1) is 0 Å². The number of allylic oxidation sites excluding steroid dienone is 6. The SMILES string of the molecule is C/C=C/CCc1ccc(C/C=C/Cc2ccc(-c3ccc(CC/C=C/C)c(F)c3)cc2F)cc1F. The summed E-state index contributed by atoms with van der Waals surface area (Å²) >= 11 is 0. The molecule has 0 aliphatic carbocycles. The van der Waals surface area contributed by atoms with Crippen LogP contribution in [0.25, 0.3) is 11.1 Å². The molecule has 0 saturated carbocycles. The van der Waals surface area contributed by atoms with Crippen molar-refractivity contribution >= 4 is 0 Å². The first-order valence-corrected chi connectivity index (χ1v) is 12.2. The third-order valence-electron chi connectivity index (χ3n) is 6.05. The zero-order chi connectivity index (χ0) is 25.0. The average Bonchev–Trinajstić information content (AvgIpc) is 2.85. The molecule has 0 spiro atoms. The minimum atomic E-state index is -0.318. The van der Waals surface area contributed by atoms with Gasteiger partial charge in [0.1, 0.15) is 17.5 Å². The van der Waals surface area contributed by atoms with Gasteiger partial charge in [-0.2, -0.15) is 0 Å². The predicted molar refractivity (Wildman–Crippen MR) is 141 cm³/mol. The summed E-state index contributed by atoms with van der Waals surface area (Å²) in [7, 11) is 0. The molecule has 182 valence electrons. The molecule has 0 amide bonds. The Morgan fingerprint density at radius 1 is 0.543 bits per heavy atom. The zero-order valence-electron chi connectivity index (χ0n) is 20.5. The van der Waals surface area contributed by atoms with E-state index in [9.17, 15) is 13.2 Å². The van der Waals surface area contributed by atoms with E-state index in [0.717, 1.165) is 24.0 Å². The molecule has 0 N–H and O–H groups in total. The Balaban J connectivity index is 1.58. The molecule has 0 fully saturated rings. The van der Waals surface area contributed by atoms with Crippen LogP contribution in [-0.2, 0) is 25.7 Å². The largest absolute Gasteiger partial charge is 0.207 e. The van der Waals surface area contributed by atoms with Gasteiger partial charge in [-0.25, -0.2) is 13.2 Å². The van der Waals surface area contributed by atoms with Crippen LogP contribution in [0.4, 0.5) is 13.2 Å². The molecule has 0 radical (unpaired) electrons. The van der Waals surface area contributed by atoms with E-state index in [1.165, 1.54) is 12.1 Å². The highest BCUT2D eigenvalue weighted by molar-refractivity contribution is 5.64. The molecule has 0 aliphatic rings. The molecule has 0 bridgehead atoms. The Kier molecular flexibility index (Phi) is 10.2. The van der Waals surface area contributed by atoms with E-state index in [4.69, 9.17) is 0 Å². The number of halogens is 3. The fraction of sp³-hybridized carbons (Fsp3) is 0.250. The fourth-order valence-electron chi connectivity index (χ4n) is 3.98. The van der Waals surface area contributed by atoms with Crippen molar-refractivity contribution in [3.8, 4) is 11.1 Å². The number of rotatable bonds is 11. The third kappa shape index (κ3) is 7.85. The molecule has 3 rings (SSSR count). The summed E-state index contributed by atoms with van der Waals surface area (Å²) in [4.78, 5) is 0. The number of hydrogen-bond acceptors (Lipinski definition) is 0. The maximum absolute atomic E-state index is 14.7. The molecule has 0 saturated heterocycles. The van der Waals surface area contributed by atoms with Gasteiger partial charge in [0.25, 0.3) is 0 Å². The van der Waals surface area contributed by atoms with Crippen LogP contribution in [0, 0.1) is 17.5 Å². The highest BCUT2D eigenvalue weighted by Gasteiger charge is 2.08. The van der Waals surface area contributed by atoms with Gasteiger partial charge >= 0.3 is 0 Å². The minimum Gasteiger partial charge on any atom is -0.207 e. The van der Waals surface area contributed by atoms with Crippen LogP contribution in [0.5, 0.6) is 0 Å². The molecule has 0 aliphatic heterocycles. The van der Waals surface area contributed by atoms with E-state index in [-0.39, 0.29) is 17.5 Å². The van der Waals surface area contributed by atoms with Gasteiger partial charge in [0, 0.05) is 0 Å². The zero-order valence-corrected chi connectivity index (χ0v) is 20.5. The van der Waals surface area contributed by atoms with Crippen LogP contribution >= 0.6 is 0 Å². The summed E-state index contributed by atoms with van der Waals surface area (Å²) in [5.74, 6) is -0.757. The van der Waals surface area contributed by atoms with E-state index < -0.39 is 0 Å². The highest BCUT2D eigenvalue weighted by Crippen LogP contribution is 2.25. The Morgan fingerprint density at radius 3 is 1.54 bits per heavy atom. The van der Waals surface area contributed by atoms with Gasteiger partial charge in [0.2, 0.25) is 0 Å². The van der Waals surface area contributed by atoms with Crippen molar-refractivity contribution in [3.05, 3.63) is 131 Å². The van der Waals surface area contributed by atoms with Crippen molar-refractivity contribution in [3.63, 3.8) is 0 Å². The first-order chi connectivity index (χ1) is 17.0. The summed E-state index contributed by atoms with van der Waals surface area (Å²) in [5.41, 5.74) is 4.16. The topological polar surface area (TPSA) is 0 Å². The van der Waals surface area contributed by atoms with Crippen molar-refractivity contribution in [2.24, 2.45) is 0 Å². The Morgan fingerprint density at radius 2 is 1.03 bits per heavy atom. The van der Waals surface area contributed by atoms with Crippen LogP contribution in [0.1, 0.15) is 48.9 Å². The van der Waals surface area contributed by atoms with Crippen LogP contribution in [0.2, 0.25) is 0 Å². The smallest absolute Gasteiger partial charge is 0.127 e. The van der Waals surface area contributed by atoms with Crippen LogP contribution in [0.15, 0.2) is 91.1 Å². The molecule has 35 heavy (non-hydrogen) atoms. The normalized spacial score (nSPS) is 11.9. The predicted octanol–water partition coefficient (Wildman–Crippen LogP) is 9.13. The second-order valence-corrected chi connectivity index (χ2v) is 8.63. The molecular formula is C32H33F3. The van der Waals surface area contributed by atoms with Gasteiger partial charge in [0.15, 0.2) is 0 Å². The molecule has 0 aromatic heterocycles. The number of hydrogen-bond donors (Lipinski definition) is 0. The molecule has 0 unspecified atom stereocenters. The molecule has 0 heterocycles. The molecule has 0 atom stereocenters. The summed E-state index contributed by atoms with van der Waals surface area (Å²) in [6.45, 7) is 3.90. The van der Waals surface area contributed by atoms with Gasteiger partial charge in [-0.1, -0.05) is 72.9 Å². The lowest BCUT2D eigenvalue weighted by molar-refractivity contribution is 0.607. The van der Waals surface area contributed by atoms with Gasteiger partial charge < -0.3 is 0 Å². The summed E-state index contributed by atoms with van der Waals surface area (Å²) in [6, 6.07) is 15.5. The molecular weight excluding hydrogens is 441 g/mol. The van der Waals surface area contributed by atoms with Gasteiger partial charge in [-0.3, -0.25) is 0 Å². The molecule has 3 heteroatoms. The maximum atomic E-state index is 14.7. The first-order valence-electron chi connectivity index (χ1n) is 12.2. The quantitative estimate of drug-likeness (QED) is 0.243. The number of aryl methyl sites for hydroxylation is 2. The van der Waals surface area contributed by atoms with Crippen molar-refractivity contribution in [1.82, 2.24) is 0 Å². The van der Waals surface area contributed by atoms with Crippen molar-refractivity contribution in [2.75, 3.05) is 0 Å². The molecule has 3 aromatic carbocycles. The van der Waals surface area contributed by atoms with Gasteiger partial charge in [-0.05, 0) is 104 Å². The standard InChI is InChI=1S/C32H33F3/c1-3-5-7-12-25-16-15-24(21-30(25)33)11-9-10-14-27-18-20-29(23-32(27)35)28-19-17-26(31(34)22-28)13-8-6-4-2/h3-6,9-10,15-23H,7-8,11-14H2,1-2H3/b5-3+,6-4+,10-9+. The maximum Gasteiger partial charge on any atom is 0.127 e. The van der Waals surface area contributed by atoms with Gasteiger partial charge in [0.05, 0.1) is 0 Å². The average molecular weight is 475 g/mol. The van der Waals surface area contributed by atoms with E-state index in [2.05, 4.69) is 0 Å². The fourth-order valence-corrected chi connectivity index (χ4v) is 3.98. The van der Waals surface area contributed by atoms with E-state index in [0.29, 0.717) is 47.9 Å². The van der Waals surface area contributed by atoms with E-state index >= 15 is 0 Å². The van der Waals surface area contributed by atoms with E-state index in [1.807, 2.05) is 74.6 Å². The number of benzene rings is 3.